The number of hydrogen-bond donors (Lipinski definition) is 2. The van der Waals surface area contributed by atoms with E-state index in [9.17, 15) is 14.0 Å². The number of amides is 3. The molecule has 1 atom stereocenters. The number of carbonyl (C=O) groups excluding carboxylic acids is 2. The largest absolute Gasteiger partial charge is 0.326 e. The normalized spacial score (nSPS) is 18.8. The summed E-state index contributed by atoms with van der Waals surface area (Å²) in [4.78, 5) is 26.1. The van der Waals surface area contributed by atoms with Gasteiger partial charge in [0.25, 0.3) is 0 Å². The van der Waals surface area contributed by atoms with Crippen LogP contribution in [0, 0.1) is 5.82 Å². The third-order valence-corrected chi connectivity index (χ3v) is 5.25. The van der Waals surface area contributed by atoms with Crippen LogP contribution in [0.25, 0.3) is 0 Å². The number of urea groups is 1. The van der Waals surface area contributed by atoms with E-state index in [0.29, 0.717) is 25.8 Å². The molecule has 0 aliphatic carbocycles. The number of likely N-dealkylation sites (tertiary alicyclic amines) is 1. The number of benzene rings is 2. The predicted octanol–water partition coefficient (Wildman–Crippen LogP) is 3.95. The third kappa shape index (κ3) is 3.94. The van der Waals surface area contributed by atoms with E-state index < -0.39 is 0 Å². The molecule has 0 spiro atoms. The number of anilines is 2. The Morgan fingerprint density at radius 1 is 1.22 bits per heavy atom. The summed E-state index contributed by atoms with van der Waals surface area (Å²) >= 11 is 0. The van der Waals surface area contributed by atoms with Gasteiger partial charge in [-0.3, -0.25) is 4.79 Å². The minimum absolute atomic E-state index is 0.0246. The molecule has 1 saturated heterocycles. The smallest absolute Gasteiger partial charge is 0.322 e. The first-order valence-electron chi connectivity index (χ1n) is 9.33. The molecule has 0 aromatic heterocycles. The van der Waals surface area contributed by atoms with Crippen molar-refractivity contribution in [3.05, 3.63) is 59.4 Å². The molecular formula is C21H22FN3O2. The predicted molar refractivity (Wildman–Crippen MR) is 102 cm³/mol. The van der Waals surface area contributed by atoms with Gasteiger partial charge in [-0.15, -0.1) is 0 Å². The monoisotopic (exact) mass is 367 g/mol. The molecule has 2 aromatic carbocycles. The Morgan fingerprint density at radius 3 is 2.96 bits per heavy atom. The van der Waals surface area contributed by atoms with Gasteiger partial charge in [0.2, 0.25) is 5.91 Å². The SMILES string of the molecule is O=C1CCc2cc(NC(=O)N3CCCC3Cc3cccc(F)c3)ccc2N1. The molecule has 27 heavy (non-hydrogen) atoms. The molecule has 2 aromatic rings. The van der Waals surface area contributed by atoms with Gasteiger partial charge in [0.05, 0.1) is 0 Å². The van der Waals surface area contributed by atoms with Crippen molar-refractivity contribution in [3.63, 3.8) is 0 Å². The maximum atomic E-state index is 13.4. The fourth-order valence-electron chi connectivity index (χ4n) is 3.91. The van der Waals surface area contributed by atoms with Crippen LogP contribution in [0.3, 0.4) is 0 Å². The number of aryl methyl sites for hydroxylation is 1. The van der Waals surface area contributed by atoms with Crippen LogP contribution in [0.2, 0.25) is 0 Å². The first-order chi connectivity index (χ1) is 13.1. The molecule has 3 amide bonds. The van der Waals surface area contributed by atoms with E-state index in [1.165, 1.54) is 12.1 Å². The quantitative estimate of drug-likeness (QED) is 0.863. The Kier molecular flexibility index (Phi) is 4.79. The Bertz CT molecular complexity index is 883. The van der Waals surface area contributed by atoms with E-state index in [1.54, 1.807) is 12.1 Å². The second kappa shape index (κ2) is 7.39. The van der Waals surface area contributed by atoms with Crippen LogP contribution < -0.4 is 10.6 Å². The molecule has 2 N–H and O–H groups in total. The molecule has 1 fully saturated rings. The van der Waals surface area contributed by atoms with Gasteiger partial charge in [-0.25, -0.2) is 9.18 Å². The maximum Gasteiger partial charge on any atom is 0.322 e. The Morgan fingerprint density at radius 2 is 2.11 bits per heavy atom. The summed E-state index contributed by atoms with van der Waals surface area (Å²) in [6.07, 6.45) is 3.66. The summed E-state index contributed by atoms with van der Waals surface area (Å²) in [7, 11) is 0. The lowest BCUT2D eigenvalue weighted by Crippen LogP contribution is -2.39. The van der Waals surface area contributed by atoms with Gasteiger partial charge in [0.1, 0.15) is 5.82 Å². The van der Waals surface area contributed by atoms with Crippen LogP contribution in [0.5, 0.6) is 0 Å². The number of fused-ring (bicyclic) bond motifs is 1. The second-order valence-corrected chi connectivity index (χ2v) is 7.17. The fourth-order valence-corrected chi connectivity index (χ4v) is 3.91. The summed E-state index contributed by atoms with van der Waals surface area (Å²) in [5.74, 6) is -0.223. The molecule has 6 heteroatoms. The van der Waals surface area contributed by atoms with Crippen molar-refractivity contribution in [1.29, 1.82) is 0 Å². The first-order valence-corrected chi connectivity index (χ1v) is 9.33. The molecule has 4 rings (SSSR count). The lowest BCUT2D eigenvalue weighted by Gasteiger charge is -2.25. The zero-order chi connectivity index (χ0) is 18.8. The highest BCUT2D eigenvalue weighted by molar-refractivity contribution is 5.95. The minimum atomic E-state index is -0.248. The number of carbonyl (C=O) groups is 2. The van der Waals surface area contributed by atoms with Gasteiger partial charge >= 0.3 is 6.03 Å². The van der Waals surface area contributed by atoms with E-state index >= 15 is 0 Å². The highest BCUT2D eigenvalue weighted by Crippen LogP contribution is 2.27. The van der Waals surface area contributed by atoms with Gasteiger partial charge in [-0.2, -0.15) is 0 Å². The average molecular weight is 367 g/mol. The summed E-state index contributed by atoms with van der Waals surface area (Å²) in [6.45, 7) is 0.701. The van der Waals surface area contributed by atoms with Crippen LogP contribution in [-0.2, 0) is 17.6 Å². The van der Waals surface area contributed by atoms with Crippen LogP contribution in [0.15, 0.2) is 42.5 Å². The lowest BCUT2D eigenvalue weighted by molar-refractivity contribution is -0.116. The Hall–Kier alpha value is -2.89. The number of nitrogens with one attached hydrogen (secondary N) is 2. The third-order valence-electron chi connectivity index (χ3n) is 5.25. The molecule has 0 saturated carbocycles. The molecule has 2 heterocycles. The van der Waals surface area contributed by atoms with Gasteiger partial charge in [-0.1, -0.05) is 12.1 Å². The van der Waals surface area contributed by atoms with E-state index in [-0.39, 0.29) is 23.8 Å². The Balaban J connectivity index is 1.43. The van der Waals surface area contributed by atoms with Gasteiger partial charge < -0.3 is 15.5 Å². The first kappa shape index (κ1) is 17.5. The number of hydrogen-bond acceptors (Lipinski definition) is 2. The maximum absolute atomic E-state index is 13.4. The average Bonchev–Trinajstić information content (AvgIpc) is 3.10. The zero-order valence-electron chi connectivity index (χ0n) is 15.0. The summed E-state index contributed by atoms with van der Waals surface area (Å²) in [5, 5.41) is 5.81. The Labute approximate surface area is 157 Å². The molecule has 2 aliphatic rings. The van der Waals surface area contributed by atoms with Crippen molar-refractivity contribution in [1.82, 2.24) is 4.90 Å². The lowest BCUT2D eigenvalue weighted by atomic mass is 10.0. The van der Waals surface area contributed by atoms with Crippen molar-refractivity contribution >= 4 is 23.3 Å². The van der Waals surface area contributed by atoms with E-state index in [1.807, 2.05) is 23.1 Å². The highest BCUT2D eigenvalue weighted by Gasteiger charge is 2.29. The summed E-state index contributed by atoms with van der Waals surface area (Å²) in [6, 6.07) is 12.1. The molecule has 1 unspecified atom stereocenters. The van der Waals surface area contributed by atoms with E-state index in [0.717, 1.165) is 35.3 Å². The van der Waals surface area contributed by atoms with Gasteiger partial charge in [-0.05, 0) is 67.1 Å². The summed E-state index contributed by atoms with van der Waals surface area (Å²) < 4.78 is 13.4. The molecule has 140 valence electrons. The summed E-state index contributed by atoms with van der Waals surface area (Å²) in [5.41, 5.74) is 3.48. The highest BCUT2D eigenvalue weighted by atomic mass is 19.1. The van der Waals surface area contributed by atoms with Crippen molar-refractivity contribution in [2.45, 2.75) is 38.1 Å². The van der Waals surface area contributed by atoms with E-state index in [4.69, 9.17) is 0 Å². The van der Waals surface area contributed by atoms with Crippen LogP contribution in [-0.4, -0.2) is 29.4 Å². The van der Waals surface area contributed by atoms with Gasteiger partial charge in [0, 0.05) is 30.4 Å². The van der Waals surface area contributed by atoms with Crippen LogP contribution in [0.4, 0.5) is 20.6 Å². The topological polar surface area (TPSA) is 61.4 Å². The number of nitrogens with zero attached hydrogens (tertiary/aromatic N) is 1. The molecule has 0 bridgehead atoms. The standard InChI is InChI=1S/C21H22FN3O2/c22-16-4-1-3-14(11-16)12-18-5-2-10-25(18)21(27)23-17-7-8-19-15(13-17)6-9-20(26)24-19/h1,3-4,7-8,11,13,18H,2,5-6,9-10,12H2,(H,23,27)(H,24,26). The molecular weight excluding hydrogens is 345 g/mol. The minimum Gasteiger partial charge on any atom is -0.326 e. The molecule has 0 radical (unpaired) electrons. The zero-order valence-corrected chi connectivity index (χ0v) is 15.0. The molecule has 2 aliphatic heterocycles. The van der Waals surface area contributed by atoms with Crippen molar-refractivity contribution in [3.8, 4) is 0 Å². The fraction of sp³-hybridized carbons (Fsp3) is 0.333. The van der Waals surface area contributed by atoms with Crippen LogP contribution in [0.1, 0.15) is 30.4 Å². The van der Waals surface area contributed by atoms with Crippen LogP contribution >= 0.6 is 0 Å². The van der Waals surface area contributed by atoms with Crippen molar-refractivity contribution in [2.75, 3.05) is 17.2 Å². The van der Waals surface area contributed by atoms with E-state index in [2.05, 4.69) is 10.6 Å². The number of halogens is 1. The van der Waals surface area contributed by atoms with Gasteiger partial charge in [0.15, 0.2) is 0 Å². The second-order valence-electron chi connectivity index (χ2n) is 7.17. The van der Waals surface area contributed by atoms with Crippen molar-refractivity contribution < 1.29 is 14.0 Å². The number of rotatable bonds is 3. The molecule has 5 nitrogen and oxygen atoms in total. The van der Waals surface area contributed by atoms with Crippen molar-refractivity contribution in [2.24, 2.45) is 0 Å².